The van der Waals surface area contributed by atoms with Gasteiger partial charge in [0.25, 0.3) is 0 Å². The maximum absolute atomic E-state index is 11.6. The number of carbonyl (C=O) groups excluding carboxylic acids is 1. The van der Waals surface area contributed by atoms with Crippen molar-refractivity contribution in [1.29, 1.82) is 0 Å². The van der Waals surface area contributed by atoms with E-state index < -0.39 is 0 Å². The van der Waals surface area contributed by atoms with E-state index in [1.54, 1.807) is 7.11 Å². The van der Waals surface area contributed by atoms with Crippen molar-refractivity contribution in [3.8, 4) is 0 Å². The molecule has 0 bridgehead atoms. The molecule has 0 aliphatic heterocycles. The van der Waals surface area contributed by atoms with Gasteiger partial charge in [0.05, 0.1) is 0 Å². The number of amides is 2. The Balaban J connectivity index is 2.17. The molecule has 0 aromatic heterocycles. The van der Waals surface area contributed by atoms with Crippen LogP contribution < -0.4 is 10.6 Å². The van der Waals surface area contributed by atoms with Gasteiger partial charge in [-0.1, -0.05) is 26.0 Å². The Morgan fingerprint density at radius 3 is 2.65 bits per heavy atom. The zero-order valence-corrected chi connectivity index (χ0v) is 11.1. The van der Waals surface area contributed by atoms with Gasteiger partial charge < -0.3 is 15.4 Å². The zero-order chi connectivity index (χ0) is 12.7. The summed E-state index contributed by atoms with van der Waals surface area (Å²) in [5.74, 6) is 0. The second-order valence-corrected chi connectivity index (χ2v) is 5.37. The third-order valence-corrected chi connectivity index (χ3v) is 3.05. The third-order valence-electron chi connectivity index (χ3n) is 3.05. The molecular formula is C13H24N2O2. The van der Waals surface area contributed by atoms with Crippen LogP contribution in [0.4, 0.5) is 4.79 Å². The molecule has 0 radical (unpaired) electrons. The van der Waals surface area contributed by atoms with Crippen LogP contribution in [-0.4, -0.2) is 32.3 Å². The van der Waals surface area contributed by atoms with Crippen LogP contribution in [-0.2, 0) is 4.74 Å². The van der Waals surface area contributed by atoms with Gasteiger partial charge in [0.2, 0.25) is 0 Å². The summed E-state index contributed by atoms with van der Waals surface area (Å²) in [6.07, 6.45) is 7.04. The molecular weight excluding hydrogens is 216 g/mol. The predicted octanol–water partition coefficient (Wildman–Crippen LogP) is 2.07. The highest BCUT2D eigenvalue weighted by atomic mass is 16.5. The lowest BCUT2D eigenvalue weighted by molar-refractivity contribution is 0.150. The van der Waals surface area contributed by atoms with Gasteiger partial charge >= 0.3 is 6.03 Å². The SMILES string of the molecule is COCCC(C)(C)CNC(=O)NC1CC=CC1. The van der Waals surface area contributed by atoms with E-state index in [0.717, 1.165) is 25.9 Å². The minimum Gasteiger partial charge on any atom is -0.385 e. The average Bonchev–Trinajstić information content (AvgIpc) is 2.77. The molecule has 0 atom stereocenters. The van der Waals surface area contributed by atoms with Crippen LogP contribution >= 0.6 is 0 Å². The number of hydrogen-bond donors (Lipinski definition) is 2. The van der Waals surface area contributed by atoms with E-state index in [-0.39, 0.29) is 17.5 Å². The van der Waals surface area contributed by atoms with Crippen molar-refractivity contribution < 1.29 is 9.53 Å². The normalized spacial score (nSPS) is 16.2. The molecule has 0 spiro atoms. The highest BCUT2D eigenvalue weighted by Crippen LogP contribution is 2.18. The predicted molar refractivity (Wildman–Crippen MR) is 69.0 cm³/mol. The van der Waals surface area contributed by atoms with Crippen molar-refractivity contribution >= 4 is 6.03 Å². The van der Waals surface area contributed by atoms with Crippen LogP contribution in [0.2, 0.25) is 0 Å². The first-order valence-corrected chi connectivity index (χ1v) is 6.22. The topological polar surface area (TPSA) is 50.4 Å². The summed E-state index contributed by atoms with van der Waals surface area (Å²) in [6.45, 7) is 5.65. The van der Waals surface area contributed by atoms with Crippen molar-refractivity contribution in [3.63, 3.8) is 0 Å². The standard InChI is InChI=1S/C13H24N2O2/c1-13(2,8-9-17-3)10-14-12(16)15-11-6-4-5-7-11/h4-5,11H,6-10H2,1-3H3,(H2,14,15,16). The van der Waals surface area contributed by atoms with E-state index in [1.807, 2.05) is 0 Å². The van der Waals surface area contributed by atoms with E-state index >= 15 is 0 Å². The number of rotatable bonds is 6. The van der Waals surface area contributed by atoms with Gasteiger partial charge in [0, 0.05) is 26.3 Å². The van der Waals surface area contributed by atoms with Gasteiger partial charge in [-0.3, -0.25) is 0 Å². The number of nitrogens with one attached hydrogen (secondary N) is 2. The van der Waals surface area contributed by atoms with Crippen molar-refractivity contribution in [2.24, 2.45) is 5.41 Å². The number of hydrogen-bond acceptors (Lipinski definition) is 2. The summed E-state index contributed by atoms with van der Waals surface area (Å²) in [4.78, 5) is 11.6. The summed E-state index contributed by atoms with van der Waals surface area (Å²) in [6, 6.07) is 0.210. The molecule has 1 aliphatic carbocycles. The molecule has 0 fully saturated rings. The highest BCUT2D eigenvalue weighted by Gasteiger charge is 2.19. The maximum Gasteiger partial charge on any atom is 0.315 e. The fourth-order valence-electron chi connectivity index (χ4n) is 1.76. The Labute approximate surface area is 104 Å². The lowest BCUT2D eigenvalue weighted by Crippen LogP contribution is -2.44. The van der Waals surface area contributed by atoms with Crippen LogP contribution in [0.15, 0.2) is 12.2 Å². The van der Waals surface area contributed by atoms with Gasteiger partial charge in [-0.15, -0.1) is 0 Å². The van der Waals surface area contributed by atoms with Crippen LogP contribution in [0.3, 0.4) is 0 Å². The van der Waals surface area contributed by atoms with Crippen molar-refractivity contribution in [3.05, 3.63) is 12.2 Å². The largest absolute Gasteiger partial charge is 0.385 e. The summed E-state index contributed by atoms with van der Waals surface area (Å²) in [5.41, 5.74) is 0.0707. The van der Waals surface area contributed by atoms with E-state index in [4.69, 9.17) is 4.74 Å². The Kier molecular flexibility index (Phi) is 5.48. The Hall–Kier alpha value is -1.03. The van der Waals surface area contributed by atoms with Gasteiger partial charge in [-0.2, -0.15) is 0 Å². The van der Waals surface area contributed by atoms with Gasteiger partial charge in [0.15, 0.2) is 0 Å². The molecule has 0 aromatic carbocycles. The minimum absolute atomic E-state index is 0.0656. The Morgan fingerprint density at radius 1 is 1.41 bits per heavy atom. The van der Waals surface area contributed by atoms with Gasteiger partial charge in [0.1, 0.15) is 0 Å². The first-order chi connectivity index (χ1) is 8.03. The summed E-state index contributed by atoms with van der Waals surface area (Å²) < 4.78 is 5.06. The summed E-state index contributed by atoms with van der Waals surface area (Å²) in [7, 11) is 1.70. The lowest BCUT2D eigenvalue weighted by atomic mass is 9.90. The lowest BCUT2D eigenvalue weighted by Gasteiger charge is -2.25. The quantitative estimate of drug-likeness (QED) is 0.698. The van der Waals surface area contributed by atoms with Crippen LogP contribution in [0.5, 0.6) is 0 Å². The monoisotopic (exact) mass is 240 g/mol. The second-order valence-electron chi connectivity index (χ2n) is 5.37. The van der Waals surface area contributed by atoms with Crippen molar-refractivity contribution in [2.75, 3.05) is 20.3 Å². The average molecular weight is 240 g/mol. The molecule has 0 saturated carbocycles. The minimum atomic E-state index is -0.0656. The molecule has 0 heterocycles. The molecule has 98 valence electrons. The van der Waals surface area contributed by atoms with Crippen molar-refractivity contribution in [2.45, 2.75) is 39.2 Å². The maximum atomic E-state index is 11.6. The molecule has 1 aliphatic rings. The van der Waals surface area contributed by atoms with Crippen LogP contribution in [0.25, 0.3) is 0 Å². The second kappa shape index (κ2) is 6.64. The van der Waals surface area contributed by atoms with Crippen molar-refractivity contribution in [1.82, 2.24) is 10.6 Å². The fourth-order valence-corrected chi connectivity index (χ4v) is 1.76. The number of urea groups is 1. The number of methoxy groups -OCH3 is 1. The Morgan fingerprint density at radius 2 is 2.06 bits per heavy atom. The zero-order valence-electron chi connectivity index (χ0n) is 11.1. The molecule has 0 unspecified atom stereocenters. The molecule has 4 nitrogen and oxygen atoms in total. The molecule has 0 aromatic rings. The smallest absolute Gasteiger partial charge is 0.315 e. The van der Waals surface area contributed by atoms with Crippen LogP contribution in [0.1, 0.15) is 33.1 Å². The van der Waals surface area contributed by atoms with Gasteiger partial charge in [-0.05, 0) is 24.7 Å². The molecule has 17 heavy (non-hydrogen) atoms. The third kappa shape index (κ3) is 5.73. The Bertz CT molecular complexity index is 267. The van der Waals surface area contributed by atoms with E-state index in [9.17, 15) is 4.79 Å². The fraction of sp³-hybridized carbons (Fsp3) is 0.769. The molecule has 2 amide bonds. The van der Waals surface area contributed by atoms with Crippen LogP contribution in [0, 0.1) is 5.41 Å². The first-order valence-electron chi connectivity index (χ1n) is 6.22. The highest BCUT2D eigenvalue weighted by molar-refractivity contribution is 5.74. The summed E-state index contributed by atoms with van der Waals surface area (Å²) >= 11 is 0. The van der Waals surface area contributed by atoms with E-state index in [2.05, 4.69) is 36.6 Å². The number of ether oxygens (including phenoxy) is 1. The molecule has 4 heteroatoms. The van der Waals surface area contributed by atoms with Gasteiger partial charge in [-0.25, -0.2) is 4.79 Å². The molecule has 0 saturated heterocycles. The first kappa shape index (κ1) is 14.0. The number of carbonyl (C=O) groups is 1. The summed E-state index contributed by atoms with van der Waals surface area (Å²) in [5, 5.41) is 5.89. The van der Waals surface area contributed by atoms with E-state index in [0.29, 0.717) is 6.54 Å². The molecule has 1 rings (SSSR count). The molecule has 2 N–H and O–H groups in total. The van der Waals surface area contributed by atoms with E-state index in [1.165, 1.54) is 0 Å².